The van der Waals surface area contributed by atoms with Gasteiger partial charge in [0, 0.05) is 37.6 Å². The molecule has 1 aliphatic rings. The normalized spacial score (nSPS) is 26.3. The molecule has 1 aromatic rings. The molecule has 1 fully saturated rings. The molecule has 106 valence electrons. The van der Waals surface area contributed by atoms with Crippen molar-refractivity contribution in [2.24, 2.45) is 0 Å². The Hall–Kier alpha value is -1.00. The van der Waals surface area contributed by atoms with E-state index in [2.05, 4.69) is 47.9 Å². The van der Waals surface area contributed by atoms with Crippen LogP contribution in [0.2, 0.25) is 0 Å². The second-order valence-corrected chi connectivity index (χ2v) is 5.48. The summed E-state index contributed by atoms with van der Waals surface area (Å²) < 4.78 is 0. The van der Waals surface area contributed by atoms with E-state index in [0.29, 0.717) is 18.1 Å². The topological polar surface area (TPSA) is 41.1 Å². The molecule has 0 amide bonds. The second kappa shape index (κ2) is 6.44. The largest absolute Gasteiger partial charge is 0.311 e. The lowest BCUT2D eigenvalue weighted by Gasteiger charge is -2.43. The molecule has 1 N–H and O–H groups in total. The number of rotatable bonds is 4. The molecule has 0 saturated carbocycles. The quantitative estimate of drug-likeness (QED) is 0.904. The maximum absolute atomic E-state index is 4.55. The lowest BCUT2D eigenvalue weighted by molar-refractivity contribution is 0.0827. The summed E-state index contributed by atoms with van der Waals surface area (Å²) in [7, 11) is 0. The van der Waals surface area contributed by atoms with Crippen molar-refractivity contribution in [1.82, 2.24) is 20.2 Å². The van der Waals surface area contributed by atoms with Crippen molar-refractivity contribution in [3.05, 3.63) is 23.8 Å². The average molecular weight is 262 g/mol. The SMILES string of the molecule is CCC1CN(C(C)c2nccnc2C)C(CC)CN1. The molecule has 4 nitrogen and oxygen atoms in total. The van der Waals surface area contributed by atoms with Crippen LogP contribution in [-0.2, 0) is 0 Å². The molecule has 1 saturated heterocycles. The molecule has 0 aliphatic carbocycles. The molecule has 0 bridgehead atoms. The number of aryl methyl sites for hydroxylation is 1. The highest BCUT2D eigenvalue weighted by atomic mass is 15.3. The van der Waals surface area contributed by atoms with Crippen molar-refractivity contribution < 1.29 is 0 Å². The predicted molar refractivity (Wildman–Crippen MR) is 78.1 cm³/mol. The Morgan fingerprint density at radius 3 is 2.68 bits per heavy atom. The van der Waals surface area contributed by atoms with Crippen molar-refractivity contribution >= 4 is 0 Å². The summed E-state index contributed by atoms with van der Waals surface area (Å²) >= 11 is 0. The molecule has 2 rings (SSSR count). The van der Waals surface area contributed by atoms with E-state index >= 15 is 0 Å². The van der Waals surface area contributed by atoms with Crippen LogP contribution in [0.1, 0.15) is 51.0 Å². The first-order chi connectivity index (χ1) is 9.17. The highest BCUT2D eigenvalue weighted by Gasteiger charge is 2.31. The van der Waals surface area contributed by atoms with Crippen molar-refractivity contribution in [3.8, 4) is 0 Å². The number of hydrogen-bond donors (Lipinski definition) is 1. The first-order valence-corrected chi connectivity index (χ1v) is 7.44. The zero-order chi connectivity index (χ0) is 13.8. The molecule has 0 spiro atoms. The van der Waals surface area contributed by atoms with Crippen LogP contribution in [0.3, 0.4) is 0 Å². The smallest absolute Gasteiger partial charge is 0.0784 e. The van der Waals surface area contributed by atoms with Gasteiger partial charge in [-0.1, -0.05) is 13.8 Å². The molecule has 1 aliphatic heterocycles. The molecule has 0 aromatic carbocycles. The second-order valence-electron chi connectivity index (χ2n) is 5.48. The van der Waals surface area contributed by atoms with Crippen molar-refractivity contribution in [2.45, 2.75) is 58.7 Å². The van der Waals surface area contributed by atoms with E-state index in [1.54, 1.807) is 12.4 Å². The van der Waals surface area contributed by atoms with Crippen molar-refractivity contribution in [2.75, 3.05) is 13.1 Å². The summed E-state index contributed by atoms with van der Waals surface area (Å²) in [6.07, 6.45) is 5.93. The lowest BCUT2D eigenvalue weighted by atomic mass is 10.0. The van der Waals surface area contributed by atoms with E-state index in [4.69, 9.17) is 0 Å². The summed E-state index contributed by atoms with van der Waals surface area (Å²) in [6.45, 7) is 11.0. The van der Waals surface area contributed by atoms with Gasteiger partial charge in [0.05, 0.1) is 17.4 Å². The number of piperazine rings is 1. The average Bonchev–Trinajstić information content (AvgIpc) is 2.46. The molecular formula is C15H26N4. The van der Waals surface area contributed by atoms with Crippen LogP contribution in [0.4, 0.5) is 0 Å². The first kappa shape index (κ1) is 14.4. The van der Waals surface area contributed by atoms with E-state index in [-0.39, 0.29) is 0 Å². The van der Waals surface area contributed by atoms with Crippen LogP contribution in [0, 0.1) is 6.92 Å². The van der Waals surface area contributed by atoms with Gasteiger partial charge in [-0.3, -0.25) is 14.9 Å². The molecule has 3 atom stereocenters. The van der Waals surface area contributed by atoms with E-state index in [1.807, 2.05) is 0 Å². The summed E-state index contributed by atoms with van der Waals surface area (Å²) in [5, 5.41) is 3.64. The van der Waals surface area contributed by atoms with Gasteiger partial charge in [-0.2, -0.15) is 0 Å². The van der Waals surface area contributed by atoms with Gasteiger partial charge < -0.3 is 5.32 Å². The third kappa shape index (κ3) is 3.12. The molecular weight excluding hydrogens is 236 g/mol. The molecule has 3 unspecified atom stereocenters. The van der Waals surface area contributed by atoms with Crippen LogP contribution in [0.5, 0.6) is 0 Å². The van der Waals surface area contributed by atoms with Gasteiger partial charge in [0.1, 0.15) is 0 Å². The van der Waals surface area contributed by atoms with Crippen LogP contribution >= 0.6 is 0 Å². The minimum Gasteiger partial charge on any atom is -0.311 e. The summed E-state index contributed by atoms with van der Waals surface area (Å²) in [5.41, 5.74) is 2.18. The molecule has 1 aromatic heterocycles. The Morgan fingerprint density at radius 1 is 1.32 bits per heavy atom. The Morgan fingerprint density at radius 2 is 2.05 bits per heavy atom. The first-order valence-electron chi connectivity index (χ1n) is 7.44. The van der Waals surface area contributed by atoms with Gasteiger partial charge in [0.15, 0.2) is 0 Å². The Kier molecular flexibility index (Phi) is 4.88. The summed E-state index contributed by atoms with van der Waals surface area (Å²) in [4.78, 5) is 11.5. The fraction of sp³-hybridized carbons (Fsp3) is 0.733. The lowest BCUT2D eigenvalue weighted by Crippen LogP contribution is -2.56. The summed E-state index contributed by atoms with van der Waals surface area (Å²) in [5.74, 6) is 0. The van der Waals surface area contributed by atoms with Gasteiger partial charge in [0.25, 0.3) is 0 Å². The van der Waals surface area contributed by atoms with Crippen LogP contribution < -0.4 is 5.32 Å². The van der Waals surface area contributed by atoms with Crippen LogP contribution in [-0.4, -0.2) is 40.0 Å². The predicted octanol–water partition coefficient (Wildman–Crippen LogP) is 2.31. The third-order valence-corrected chi connectivity index (χ3v) is 4.32. The summed E-state index contributed by atoms with van der Waals surface area (Å²) in [6, 6.07) is 1.54. The van der Waals surface area contributed by atoms with E-state index in [1.165, 1.54) is 12.8 Å². The fourth-order valence-electron chi connectivity index (χ4n) is 3.00. The van der Waals surface area contributed by atoms with E-state index in [0.717, 1.165) is 24.5 Å². The van der Waals surface area contributed by atoms with E-state index in [9.17, 15) is 0 Å². The van der Waals surface area contributed by atoms with Gasteiger partial charge in [0.2, 0.25) is 0 Å². The third-order valence-electron chi connectivity index (χ3n) is 4.32. The number of hydrogen-bond acceptors (Lipinski definition) is 4. The van der Waals surface area contributed by atoms with Crippen molar-refractivity contribution in [1.29, 1.82) is 0 Å². The number of nitrogens with zero attached hydrogens (tertiary/aromatic N) is 3. The van der Waals surface area contributed by atoms with Gasteiger partial charge in [-0.25, -0.2) is 0 Å². The molecule has 4 heteroatoms. The zero-order valence-corrected chi connectivity index (χ0v) is 12.6. The fourth-order valence-corrected chi connectivity index (χ4v) is 3.00. The zero-order valence-electron chi connectivity index (χ0n) is 12.6. The van der Waals surface area contributed by atoms with Crippen molar-refractivity contribution in [3.63, 3.8) is 0 Å². The maximum Gasteiger partial charge on any atom is 0.0784 e. The Labute approximate surface area is 116 Å². The van der Waals surface area contributed by atoms with Gasteiger partial charge in [-0.15, -0.1) is 0 Å². The van der Waals surface area contributed by atoms with E-state index < -0.39 is 0 Å². The molecule has 0 radical (unpaired) electrons. The molecule has 19 heavy (non-hydrogen) atoms. The Balaban J connectivity index is 2.19. The Bertz CT molecular complexity index is 407. The standard InChI is InChI=1S/C15H26N4/c1-5-13-10-19(14(6-2)9-18-13)12(4)15-11(3)16-7-8-17-15/h7-8,12-14,18H,5-6,9-10H2,1-4H3. The minimum atomic E-state index is 0.342. The highest BCUT2D eigenvalue weighted by Crippen LogP contribution is 2.26. The minimum absolute atomic E-state index is 0.342. The van der Waals surface area contributed by atoms with Crippen LogP contribution in [0.25, 0.3) is 0 Å². The van der Waals surface area contributed by atoms with Gasteiger partial charge >= 0.3 is 0 Å². The number of aromatic nitrogens is 2. The maximum atomic E-state index is 4.55. The van der Waals surface area contributed by atoms with Crippen LogP contribution in [0.15, 0.2) is 12.4 Å². The number of nitrogens with one attached hydrogen (secondary N) is 1. The monoisotopic (exact) mass is 262 g/mol. The molecule has 2 heterocycles. The highest BCUT2D eigenvalue weighted by molar-refractivity contribution is 5.13. The van der Waals surface area contributed by atoms with Gasteiger partial charge in [-0.05, 0) is 26.7 Å².